The lowest BCUT2D eigenvalue weighted by Gasteiger charge is -2.45. The van der Waals surface area contributed by atoms with Crippen molar-refractivity contribution in [2.24, 2.45) is 11.3 Å². The normalized spacial score (nSPS) is 24.5. The van der Waals surface area contributed by atoms with Crippen LogP contribution in [0, 0.1) is 18.3 Å². The third kappa shape index (κ3) is 5.24. The highest BCUT2D eigenvalue weighted by atomic mass is 32.2. The molecule has 3 heterocycles. The Balaban J connectivity index is 1.12. The van der Waals surface area contributed by atoms with Crippen LogP contribution in [0.15, 0.2) is 48.5 Å². The number of hydrogen-bond donors (Lipinski definition) is 2. The van der Waals surface area contributed by atoms with Gasteiger partial charge in [0.2, 0.25) is 11.8 Å². The molecule has 228 valence electrons. The number of H-pyrrole nitrogens is 1. The van der Waals surface area contributed by atoms with Crippen LogP contribution in [0.25, 0.3) is 10.9 Å². The number of benzene rings is 2. The summed E-state index contributed by atoms with van der Waals surface area (Å²) < 4.78 is 5.49. The van der Waals surface area contributed by atoms with Gasteiger partial charge in [0.05, 0.1) is 13.2 Å². The zero-order valence-electron chi connectivity index (χ0n) is 25.7. The van der Waals surface area contributed by atoms with Crippen molar-refractivity contribution < 1.29 is 14.3 Å². The summed E-state index contributed by atoms with van der Waals surface area (Å²) in [7, 11) is 0. The first-order valence-electron chi connectivity index (χ1n) is 16.0. The van der Waals surface area contributed by atoms with Gasteiger partial charge in [-0.2, -0.15) is 11.8 Å². The number of anilines is 2. The van der Waals surface area contributed by atoms with E-state index in [1.807, 2.05) is 23.9 Å². The molecule has 1 aromatic heterocycles. The Kier molecular flexibility index (Phi) is 7.49. The largest absolute Gasteiger partial charge is 0.378 e. The van der Waals surface area contributed by atoms with Gasteiger partial charge >= 0.3 is 0 Å². The predicted octanol–water partition coefficient (Wildman–Crippen LogP) is 6.34. The van der Waals surface area contributed by atoms with Crippen molar-refractivity contribution in [2.75, 3.05) is 48.0 Å². The third-order valence-electron chi connectivity index (χ3n) is 10.6. The van der Waals surface area contributed by atoms with Crippen LogP contribution in [0.1, 0.15) is 63.1 Å². The summed E-state index contributed by atoms with van der Waals surface area (Å²) >= 11 is 1.89. The lowest BCUT2D eigenvalue weighted by atomic mass is 9.87. The summed E-state index contributed by atoms with van der Waals surface area (Å²) in [5, 5.41) is 4.53. The lowest BCUT2D eigenvalue weighted by Crippen LogP contribution is -2.61. The number of para-hydroxylation sites is 1. The number of hydrogen-bond acceptors (Lipinski definition) is 5. The molecule has 2 amide bonds. The van der Waals surface area contributed by atoms with Crippen molar-refractivity contribution in [2.45, 2.75) is 70.4 Å². The van der Waals surface area contributed by atoms with Crippen LogP contribution >= 0.6 is 11.8 Å². The molecule has 2 saturated carbocycles. The van der Waals surface area contributed by atoms with Crippen LogP contribution in [0.3, 0.4) is 0 Å². The minimum Gasteiger partial charge on any atom is -0.378 e. The molecule has 3 aromatic rings. The number of carbonyl (C=O) groups excluding carboxylic acids is 2. The maximum Gasteiger partial charge on any atom is 0.250 e. The molecule has 4 aliphatic rings. The summed E-state index contributed by atoms with van der Waals surface area (Å²) in [5.41, 5.74) is 4.90. The maximum atomic E-state index is 14.4. The molecule has 0 unspecified atom stereocenters. The molecular formula is C35H44N4O3S. The Morgan fingerprint density at radius 3 is 2.44 bits per heavy atom. The Labute approximate surface area is 259 Å². The number of morpholine rings is 1. The third-order valence-corrected chi connectivity index (χ3v) is 11.6. The molecule has 43 heavy (non-hydrogen) atoms. The van der Waals surface area contributed by atoms with Crippen LogP contribution in [0.5, 0.6) is 0 Å². The van der Waals surface area contributed by atoms with E-state index in [1.54, 1.807) is 0 Å². The quantitative estimate of drug-likeness (QED) is 0.316. The number of fused-ring (bicyclic) bond motifs is 1. The molecule has 2 atom stereocenters. The summed E-state index contributed by atoms with van der Waals surface area (Å²) in [4.78, 5) is 36.7. The standard InChI is InChI=1S/C35H44N4O3S/c1-23-31(27-6-4-5-7-29(27)36-23)32-28(34(32,2)3)22-30(40)39(26-12-13-26)35(14-20-43-21-15-35)33(41)37-24-8-10-25(11-9-24)38-16-18-42-19-17-38/h4-11,26,28,32,36H,12-22H2,1-3H3,(H,37,41)/t28-,32-/m0/s1. The van der Waals surface area contributed by atoms with E-state index in [9.17, 15) is 9.59 Å². The SMILES string of the molecule is Cc1[nH]c2ccccc2c1[C@@H]1[C@H](CC(=O)N(C2CC2)C2(C(=O)Nc3ccc(N4CCOCC4)cc3)CCSCC2)C1(C)C. The van der Waals surface area contributed by atoms with Gasteiger partial charge in [0, 0.05) is 53.5 Å². The Morgan fingerprint density at radius 1 is 1.05 bits per heavy atom. The van der Waals surface area contributed by atoms with Crippen LogP contribution < -0.4 is 10.2 Å². The number of amides is 2. The molecule has 4 fully saturated rings. The van der Waals surface area contributed by atoms with Gasteiger partial charge in [-0.25, -0.2) is 0 Å². The van der Waals surface area contributed by atoms with Gasteiger partial charge in [-0.05, 0) is 97.3 Å². The molecule has 0 radical (unpaired) electrons. The number of nitrogens with zero attached hydrogens (tertiary/aromatic N) is 2. The van der Waals surface area contributed by atoms with E-state index in [1.165, 1.54) is 16.6 Å². The van der Waals surface area contributed by atoms with E-state index in [4.69, 9.17) is 4.74 Å². The Morgan fingerprint density at radius 2 is 1.74 bits per heavy atom. The number of nitrogens with one attached hydrogen (secondary N) is 2. The van der Waals surface area contributed by atoms with Crippen LogP contribution in [-0.2, 0) is 14.3 Å². The summed E-state index contributed by atoms with van der Waals surface area (Å²) in [6, 6.07) is 16.8. The van der Waals surface area contributed by atoms with Crippen molar-refractivity contribution in [3.8, 4) is 0 Å². The van der Waals surface area contributed by atoms with Crippen molar-refractivity contribution >= 4 is 45.9 Å². The topological polar surface area (TPSA) is 77.7 Å². The van der Waals surface area contributed by atoms with Crippen LogP contribution in [-0.4, -0.2) is 71.1 Å². The molecule has 2 saturated heterocycles. The summed E-state index contributed by atoms with van der Waals surface area (Å²) in [5.74, 6) is 2.50. The van der Waals surface area contributed by atoms with E-state index in [0.717, 1.165) is 67.5 Å². The summed E-state index contributed by atoms with van der Waals surface area (Å²) in [6.45, 7) is 10.0. The Hall–Kier alpha value is -2.97. The first-order valence-corrected chi connectivity index (χ1v) is 17.2. The first-order chi connectivity index (χ1) is 20.8. The first kappa shape index (κ1) is 28.8. The minimum absolute atomic E-state index is 0.0220. The zero-order chi connectivity index (χ0) is 29.8. The van der Waals surface area contributed by atoms with Crippen molar-refractivity contribution in [1.29, 1.82) is 0 Å². The molecule has 0 spiro atoms. The fourth-order valence-electron chi connectivity index (χ4n) is 7.92. The van der Waals surface area contributed by atoms with Gasteiger partial charge < -0.3 is 24.8 Å². The second-order valence-electron chi connectivity index (χ2n) is 13.6. The predicted molar refractivity (Wildman–Crippen MR) is 175 cm³/mol. The average molecular weight is 601 g/mol. The number of aromatic nitrogens is 1. The molecule has 2 aliphatic heterocycles. The molecule has 2 aliphatic carbocycles. The highest BCUT2D eigenvalue weighted by molar-refractivity contribution is 7.99. The monoisotopic (exact) mass is 600 g/mol. The molecule has 8 heteroatoms. The summed E-state index contributed by atoms with van der Waals surface area (Å²) in [6.07, 6.45) is 3.87. The highest BCUT2D eigenvalue weighted by Crippen LogP contribution is 2.67. The number of aromatic amines is 1. The number of aryl methyl sites for hydroxylation is 1. The lowest BCUT2D eigenvalue weighted by molar-refractivity contribution is -0.147. The molecule has 0 bridgehead atoms. The van der Waals surface area contributed by atoms with Gasteiger partial charge in [-0.1, -0.05) is 32.0 Å². The molecule has 7 nitrogen and oxygen atoms in total. The van der Waals surface area contributed by atoms with Crippen LogP contribution in [0.4, 0.5) is 11.4 Å². The second kappa shape index (κ2) is 11.2. The van der Waals surface area contributed by atoms with Gasteiger partial charge in [0.1, 0.15) is 5.54 Å². The van der Waals surface area contributed by atoms with E-state index >= 15 is 0 Å². The molecule has 7 rings (SSSR count). The van der Waals surface area contributed by atoms with E-state index < -0.39 is 5.54 Å². The highest BCUT2D eigenvalue weighted by Gasteiger charge is 2.61. The van der Waals surface area contributed by atoms with Gasteiger partial charge in [-0.3, -0.25) is 9.59 Å². The van der Waals surface area contributed by atoms with Crippen molar-refractivity contribution in [3.63, 3.8) is 0 Å². The Bertz CT molecular complexity index is 1500. The van der Waals surface area contributed by atoms with E-state index in [-0.39, 0.29) is 29.2 Å². The second-order valence-corrected chi connectivity index (χ2v) is 14.8. The average Bonchev–Trinajstić information content (AvgIpc) is 3.90. The molecule has 2 aromatic carbocycles. The number of rotatable bonds is 8. The van der Waals surface area contributed by atoms with E-state index in [0.29, 0.717) is 25.2 Å². The van der Waals surface area contributed by atoms with Crippen molar-refractivity contribution in [3.05, 3.63) is 59.8 Å². The number of ether oxygens (including phenoxy) is 1. The van der Waals surface area contributed by atoms with E-state index in [2.05, 4.69) is 77.3 Å². The zero-order valence-corrected chi connectivity index (χ0v) is 26.5. The van der Waals surface area contributed by atoms with Gasteiger partial charge in [-0.15, -0.1) is 0 Å². The number of carbonyl (C=O) groups is 2. The van der Waals surface area contributed by atoms with Gasteiger partial charge in [0.15, 0.2) is 0 Å². The van der Waals surface area contributed by atoms with Crippen molar-refractivity contribution in [1.82, 2.24) is 9.88 Å². The maximum absolute atomic E-state index is 14.4. The number of thioether (sulfide) groups is 1. The smallest absolute Gasteiger partial charge is 0.250 e. The molecule has 2 N–H and O–H groups in total. The fourth-order valence-corrected chi connectivity index (χ4v) is 9.09. The minimum atomic E-state index is -0.794. The van der Waals surface area contributed by atoms with Gasteiger partial charge in [0.25, 0.3) is 0 Å². The fraction of sp³-hybridized carbons (Fsp3) is 0.543. The molecular weight excluding hydrogens is 556 g/mol. The van der Waals surface area contributed by atoms with Crippen LogP contribution in [0.2, 0.25) is 0 Å².